The largest absolute Gasteiger partial charge is 0.454 e. The van der Waals surface area contributed by atoms with Crippen LogP contribution in [0.2, 0.25) is 0 Å². The van der Waals surface area contributed by atoms with Crippen LogP contribution in [0.15, 0.2) is 193 Å². The number of anilines is 3. The van der Waals surface area contributed by atoms with E-state index >= 15 is 0 Å². The predicted octanol–water partition coefficient (Wildman–Crippen LogP) is 15.6. The zero-order valence-corrected chi connectivity index (χ0v) is 32.1. The molecule has 8 aromatic carbocycles. The standard InChI is InChI=1S/C53H36N2OS/c1-3-35(36-25-28-42-41-16-7-10-20-47(41)55(49(42)32-36)38-14-5-4-6-15-38)30-37-31-39(26-24-34(37)2)54(40-27-29-45-44-18-9-12-23-51(44)57-52(45)33-40)48-21-13-19-46-43-17-8-11-22-50(43)56-53(46)48/h3-33H,1H2,2H3/b35-30+. The van der Waals surface area contributed by atoms with Crippen LogP contribution in [0.1, 0.15) is 16.7 Å². The van der Waals surface area contributed by atoms with Gasteiger partial charge < -0.3 is 13.9 Å². The number of furan rings is 1. The van der Waals surface area contributed by atoms with Gasteiger partial charge in [0.05, 0.1) is 16.7 Å². The molecule has 0 fully saturated rings. The summed E-state index contributed by atoms with van der Waals surface area (Å²) in [6.45, 7) is 6.51. The maximum absolute atomic E-state index is 6.67. The molecule has 0 N–H and O–H groups in total. The second kappa shape index (κ2) is 13.3. The summed E-state index contributed by atoms with van der Waals surface area (Å²) < 4.78 is 11.6. The first-order valence-corrected chi connectivity index (χ1v) is 20.1. The van der Waals surface area contributed by atoms with Crippen LogP contribution in [0.4, 0.5) is 17.1 Å². The van der Waals surface area contributed by atoms with Crippen LogP contribution in [0.5, 0.6) is 0 Å². The second-order valence-electron chi connectivity index (χ2n) is 14.6. The highest BCUT2D eigenvalue weighted by atomic mass is 32.1. The average Bonchev–Trinajstić information content (AvgIpc) is 3.93. The summed E-state index contributed by atoms with van der Waals surface area (Å²) in [6, 6.07) is 63.1. The zero-order chi connectivity index (χ0) is 38.0. The lowest BCUT2D eigenvalue weighted by molar-refractivity contribution is 0.669. The Hall–Kier alpha value is -7.14. The number of nitrogens with zero attached hydrogens (tertiary/aromatic N) is 2. The minimum Gasteiger partial charge on any atom is -0.454 e. The lowest BCUT2D eigenvalue weighted by Crippen LogP contribution is -2.10. The highest BCUT2D eigenvalue weighted by Crippen LogP contribution is 2.45. The third-order valence-electron chi connectivity index (χ3n) is 11.3. The highest BCUT2D eigenvalue weighted by molar-refractivity contribution is 7.25. The summed E-state index contributed by atoms with van der Waals surface area (Å²) in [5, 5.41) is 7.24. The predicted molar refractivity (Wildman–Crippen MR) is 245 cm³/mol. The fourth-order valence-corrected chi connectivity index (χ4v) is 9.68. The van der Waals surface area contributed by atoms with Crippen molar-refractivity contribution in [2.75, 3.05) is 4.90 Å². The Bertz CT molecular complexity index is 3400. The maximum Gasteiger partial charge on any atom is 0.159 e. The van der Waals surface area contributed by atoms with E-state index in [1.54, 1.807) is 0 Å². The van der Waals surface area contributed by atoms with Crippen molar-refractivity contribution in [1.82, 2.24) is 4.57 Å². The van der Waals surface area contributed by atoms with Gasteiger partial charge in [0.15, 0.2) is 5.58 Å². The topological polar surface area (TPSA) is 21.3 Å². The Morgan fingerprint density at radius 2 is 1.26 bits per heavy atom. The van der Waals surface area contributed by atoms with Crippen LogP contribution in [0.25, 0.3) is 81.3 Å². The molecular weight excluding hydrogens is 713 g/mol. The first-order valence-electron chi connectivity index (χ1n) is 19.3. The number of aryl methyl sites for hydroxylation is 1. The molecule has 0 atom stereocenters. The van der Waals surface area contributed by atoms with E-state index in [9.17, 15) is 0 Å². The van der Waals surface area contributed by atoms with Crippen molar-refractivity contribution < 1.29 is 4.42 Å². The van der Waals surface area contributed by atoms with Crippen molar-refractivity contribution in [2.24, 2.45) is 0 Å². The van der Waals surface area contributed by atoms with Crippen molar-refractivity contribution in [1.29, 1.82) is 0 Å². The third-order valence-corrected chi connectivity index (χ3v) is 12.5. The molecule has 0 radical (unpaired) electrons. The monoisotopic (exact) mass is 748 g/mol. The number of thiophene rings is 1. The van der Waals surface area contributed by atoms with Crippen LogP contribution >= 0.6 is 11.3 Å². The highest BCUT2D eigenvalue weighted by Gasteiger charge is 2.21. The van der Waals surface area contributed by atoms with Gasteiger partial charge in [-0.1, -0.05) is 122 Å². The number of para-hydroxylation sites is 4. The van der Waals surface area contributed by atoms with Gasteiger partial charge >= 0.3 is 0 Å². The molecule has 3 heterocycles. The molecule has 0 aliphatic carbocycles. The maximum atomic E-state index is 6.67. The molecule has 0 unspecified atom stereocenters. The number of hydrogen-bond acceptors (Lipinski definition) is 3. The fourth-order valence-electron chi connectivity index (χ4n) is 8.54. The molecule has 0 amide bonds. The number of rotatable bonds is 7. The molecule has 0 saturated carbocycles. The molecule has 11 rings (SSSR count). The van der Waals surface area contributed by atoms with E-state index in [1.165, 1.54) is 47.5 Å². The molecule has 0 spiro atoms. The lowest BCUT2D eigenvalue weighted by Gasteiger charge is -2.26. The number of hydrogen-bond donors (Lipinski definition) is 0. The molecule has 4 heteroatoms. The molecule has 0 bridgehead atoms. The molecule has 57 heavy (non-hydrogen) atoms. The van der Waals surface area contributed by atoms with Crippen molar-refractivity contribution in [3.05, 3.63) is 205 Å². The summed E-state index contributed by atoms with van der Waals surface area (Å²) in [6.07, 6.45) is 4.25. The number of fused-ring (bicyclic) bond motifs is 9. The van der Waals surface area contributed by atoms with Gasteiger partial charge in [-0.2, -0.15) is 0 Å². The normalized spacial score (nSPS) is 12.1. The number of allylic oxidation sites excluding steroid dienone is 2. The molecule has 11 aromatic rings. The Morgan fingerprint density at radius 3 is 2.14 bits per heavy atom. The number of benzene rings is 8. The molecule has 270 valence electrons. The Morgan fingerprint density at radius 1 is 0.579 bits per heavy atom. The summed E-state index contributed by atoms with van der Waals surface area (Å²) in [5.41, 5.74) is 12.8. The van der Waals surface area contributed by atoms with E-state index in [1.807, 2.05) is 23.5 Å². The zero-order valence-electron chi connectivity index (χ0n) is 31.3. The smallest absolute Gasteiger partial charge is 0.159 e. The van der Waals surface area contributed by atoms with Gasteiger partial charge in [-0.25, -0.2) is 0 Å². The molecule has 0 aliphatic heterocycles. The Kier molecular flexibility index (Phi) is 7.73. The van der Waals surface area contributed by atoms with E-state index in [4.69, 9.17) is 4.42 Å². The van der Waals surface area contributed by atoms with E-state index in [2.05, 4.69) is 199 Å². The van der Waals surface area contributed by atoms with Crippen molar-refractivity contribution in [3.8, 4) is 5.69 Å². The van der Waals surface area contributed by atoms with Crippen LogP contribution in [-0.4, -0.2) is 4.57 Å². The third kappa shape index (κ3) is 5.41. The minimum absolute atomic E-state index is 0.863. The SMILES string of the molecule is C=C/C(=C\c1cc(N(c2ccc3c(c2)sc2ccccc23)c2cccc3c2oc2ccccc23)ccc1C)c1ccc2c3ccccc3n(-c3ccccc3)c2c1. The van der Waals surface area contributed by atoms with Crippen LogP contribution < -0.4 is 4.90 Å². The first kappa shape index (κ1) is 33.2. The van der Waals surface area contributed by atoms with Crippen LogP contribution in [-0.2, 0) is 0 Å². The van der Waals surface area contributed by atoms with Gasteiger partial charge in [-0.3, -0.25) is 0 Å². The van der Waals surface area contributed by atoms with Gasteiger partial charge in [0, 0.05) is 58.8 Å². The average molecular weight is 749 g/mol. The van der Waals surface area contributed by atoms with Gasteiger partial charge in [0.25, 0.3) is 0 Å². The Labute approximate surface area is 334 Å². The first-order chi connectivity index (χ1) is 28.1. The second-order valence-corrected chi connectivity index (χ2v) is 15.7. The molecule has 3 aromatic heterocycles. The number of aromatic nitrogens is 1. The summed E-state index contributed by atoms with van der Waals surface area (Å²) >= 11 is 1.83. The van der Waals surface area contributed by atoms with Gasteiger partial charge in [0.1, 0.15) is 5.58 Å². The summed E-state index contributed by atoms with van der Waals surface area (Å²) in [5.74, 6) is 0. The van der Waals surface area contributed by atoms with Crippen molar-refractivity contribution >= 4 is 104 Å². The quantitative estimate of drug-likeness (QED) is 0.120. The minimum atomic E-state index is 0.863. The van der Waals surface area contributed by atoms with Crippen LogP contribution in [0.3, 0.4) is 0 Å². The molecule has 3 nitrogen and oxygen atoms in total. The van der Waals surface area contributed by atoms with E-state index in [-0.39, 0.29) is 0 Å². The van der Waals surface area contributed by atoms with Gasteiger partial charge in [0.2, 0.25) is 0 Å². The lowest BCUT2D eigenvalue weighted by atomic mass is 9.98. The molecular formula is C53H36N2OS. The molecule has 0 saturated heterocycles. The van der Waals surface area contributed by atoms with E-state index < -0.39 is 0 Å². The Balaban J connectivity index is 1.09. The van der Waals surface area contributed by atoms with Crippen molar-refractivity contribution in [3.63, 3.8) is 0 Å². The fraction of sp³-hybridized carbons (Fsp3) is 0.0189. The van der Waals surface area contributed by atoms with E-state index in [0.29, 0.717) is 0 Å². The van der Waals surface area contributed by atoms with Gasteiger partial charge in [-0.05, 0) is 102 Å². The summed E-state index contributed by atoms with van der Waals surface area (Å²) in [7, 11) is 0. The molecule has 0 aliphatic rings. The van der Waals surface area contributed by atoms with E-state index in [0.717, 1.165) is 61.4 Å². The van der Waals surface area contributed by atoms with Crippen molar-refractivity contribution in [2.45, 2.75) is 6.92 Å². The van der Waals surface area contributed by atoms with Crippen LogP contribution in [0, 0.1) is 6.92 Å². The summed E-state index contributed by atoms with van der Waals surface area (Å²) in [4.78, 5) is 2.35. The van der Waals surface area contributed by atoms with Gasteiger partial charge in [-0.15, -0.1) is 11.3 Å².